The summed E-state index contributed by atoms with van der Waals surface area (Å²) in [5, 5.41) is 12.3. The first-order valence-electron chi connectivity index (χ1n) is 6.21. The molecule has 0 heterocycles. The number of carbonyl (C=O) groups is 1. The molecule has 0 unspecified atom stereocenters. The molecule has 0 saturated heterocycles. The number of carboxylic acid groups (broad SMARTS) is 1. The first-order chi connectivity index (χ1) is 8.20. The lowest BCUT2D eigenvalue weighted by atomic mass is 9.81. The summed E-state index contributed by atoms with van der Waals surface area (Å²) in [7, 11) is 2.01. The van der Waals surface area contributed by atoms with E-state index in [2.05, 4.69) is 11.4 Å². The monoisotopic (exact) mass is 233 g/mol. The summed E-state index contributed by atoms with van der Waals surface area (Å²) in [6.45, 7) is 0. The van der Waals surface area contributed by atoms with Gasteiger partial charge in [0, 0.05) is 6.04 Å². The first kappa shape index (κ1) is 12.1. The molecule has 3 nitrogen and oxygen atoms in total. The van der Waals surface area contributed by atoms with Crippen molar-refractivity contribution in [2.24, 2.45) is 0 Å². The van der Waals surface area contributed by atoms with Gasteiger partial charge in [-0.2, -0.15) is 0 Å². The minimum Gasteiger partial charge on any atom is -0.478 e. The Balaban J connectivity index is 2.08. The average Bonchev–Trinajstić information content (AvgIpc) is 2.39. The van der Waals surface area contributed by atoms with E-state index in [1.165, 1.54) is 18.4 Å². The van der Waals surface area contributed by atoms with Gasteiger partial charge >= 0.3 is 5.97 Å². The topological polar surface area (TPSA) is 49.3 Å². The smallest absolute Gasteiger partial charge is 0.335 e. The van der Waals surface area contributed by atoms with Crippen LogP contribution >= 0.6 is 0 Å². The van der Waals surface area contributed by atoms with Gasteiger partial charge in [-0.15, -0.1) is 0 Å². The quantitative estimate of drug-likeness (QED) is 0.843. The van der Waals surface area contributed by atoms with Crippen LogP contribution in [0.5, 0.6) is 0 Å². The zero-order valence-electron chi connectivity index (χ0n) is 10.1. The van der Waals surface area contributed by atoms with E-state index in [0.717, 1.165) is 12.8 Å². The van der Waals surface area contributed by atoms with E-state index < -0.39 is 5.97 Å². The van der Waals surface area contributed by atoms with Crippen LogP contribution in [0.25, 0.3) is 0 Å². The fourth-order valence-electron chi connectivity index (χ4n) is 2.64. The van der Waals surface area contributed by atoms with Crippen LogP contribution in [0, 0.1) is 0 Å². The third-order valence-corrected chi connectivity index (χ3v) is 3.74. The lowest BCUT2D eigenvalue weighted by Gasteiger charge is -2.28. The SMILES string of the molecule is CNC1CCC(c2cccc(C(=O)O)c2)CC1. The summed E-state index contributed by atoms with van der Waals surface area (Å²) >= 11 is 0. The molecule has 0 radical (unpaired) electrons. The van der Waals surface area contributed by atoms with Crippen molar-refractivity contribution in [1.82, 2.24) is 5.32 Å². The van der Waals surface area contributed by atoms with E-state index in [1.807, 2.05) is 19.2 Å². The summed E-state index contributed by atoms with van der Waals surface area (Å²) in [6.07, 6.45) is 4.65. The maximum absolute atomic E-state index is 10.9. The van der Waals surface area contributed by atoms with E-state index in [-0.39, 0.29) is 0 Å². The Morgan fingerprint density at radius 2 is 2.00 bits per heavy atom. The Morgan fingerprint density at radius 3 is 2.59 bits per heavy atom. The molecule has 92 valence electrons. The summed E-state index contributed by atoms with van der Waals surface area (Å²) in [4.78, 5) is 10.9. The van der Waals surface area contributed by atoms with Crippen molar-refractivity contribution in [3.05, 3.63) is 35.4 Å². The van der Waals surface area contributed by atoms with Crippen LogP contribution in [0.1, 0.15) is 47.5 Å². The van der Waals surface area contributed by atoms with E-state index in [1.54, 1.807) is 6.07 Å². The van der Waals surface area contributed by atoms with Crippen LogP contribution in [0.4, 0.5) is 0 Å². The number of hydrogen-bond donors (Lipinski definition) is 2. The molecule has 2 rings (SSSR count). The molecular weight excluding hydrogens is 214 g/mol. The Hall–Kier alpha value is -1.35. The predicted molar refractivity (Wildman–Crippen MR) is 67.5 cm³/mol. The number of hydrogen-bond acceptors (Lipinski definition) is 2. The van der Waals surface area contributed by atoms with Crippen LogP contribution < -0.4 is 5.32 Å². The molecule has 1 aliphatic rings. The molecule has 0 aliphatic heterocycles. The van der Waals surface area contributed by atoms with Crippen molar-refractivity contribution in [1.29, 1.82) is 0 Å². The lowest BCUT2D eigenvalue weighted by Crippen LogP contribution is -2.29. The maximum Gasteiger partial charge on any atom is 0.335 e. The number of nitrogens with one attached hydrogen (secondary N) is 1. The highest BCUT2D eigenvalue weighted by Crippen LogP contribution is 2.33. The largest absolute Gasteiger partial charge is 0.478 e. The van der Waals surface area contributed by atoms with Crippen LogP contribution in [0.3, 0.4) is 0 Å². The van der Waals surface area contributed by atoms with Gasteiger partial charge in [0.25, 0.3) is 0 Å². The maximum atomic E-state index is 10.9. The van der Waals surface area contributed by atoms with Crippen molar-refractivity contribution in [2.45, 2.75) is 37.6 Å². The zero-order valence-corrected chi connectivity index (χ0v) is 10.1. The summed E-state index contributed by atoms with van der Waals surface area (Å²) in [5.41, 5.74) is 1.58. The normalized spacial score (nSPS) is 24.5. The molecule has 0 amide bonds. The van der Waals surface area contributed by atoms with Crippen LogP contribution in [0.15, 0.2) is 24.3 Å². The number of rotatable bonds is 3. The van der Waals surface area contributed by atoms with Crippen molar-refractivity contribution >= 4 is 5.97 Å². The molecule has 0 bridgehead atoms. The molecule has 17 heavy (non-hydrogen) atoms. The molecule has 3 heteroatoms. The van der Waals surface area contributed by atoms with Crippen LogP contribution in [-0.4, -0.2) is 24.2 Å². The van der Waals surface area contributed by atoms with Gasteiger partial charge in [-0.25, -0.2) is 4.79 Å². The van der Waals surface area contributed by atoms with Gasteiger partial charge in [-0.3, -0.25) is 0 Å². The van der Waals surface area contributed by atoms with E-state index in [9.17, 15) is 4.79 Å². The van der Waals surface area contributed by atoms with Gasteiger partial charge in [-0.05, 0) is 56.3 Å². The molecule has 1 aromatic carbocycles. The van der Waals surface area contributed by atoms with Gasteiger partial charge in [0.1, 0.15) is 0 Å². The van der Waals surface area contributed by atoms with Gasteiger partial charge < -0.3 is 10.4 Å². The Kier molecular flexibility index (Phi) is 3.79. The fourth-order valence-corrected chi connectivity index (χ4v) is 2.64. The van der Waals surface area contributed by atoms with E-state index in [0.29, 0.717) is 17.5 Å². The molecule has 0 atom stereocenters. The Morgan fingerprint density at radius 1 is 1.29 bits per heavy atom. The van der Waals surface area contributed by atoms with Gasteiger partial charge in [0.15, 0.2) is 0 Å². The lowest BCUT2D eigenvalue weighted by molar-refractivity contribution is 0.0696. The molecule has 1 aromatic rings. The third kappa shape index (κ3) is 2.86. The average molecular weight is 233 g/mol. The Bertz CT molecular complexity index is 395. The Labute approximate surface area is 102 Å². The summed E-state index contributed by atoms with van der Waals surface area (Å²) in [6, 6.07) is 8.02. The molecular formula is C14H19NO2. The second-order valence-electron chi connectivity index (χ2n) is 4.77. The molecule has 1 aliphatic carbocycles. The van der Waals surface area contributed by atoms with Crippen molar-refractivity contribution in [2.75, 3.05) is 7.05 Å². The molecule has 0 aromatic heterocycles. The minimum absolute atomic E-state index is 0.401. The predicted octanol–water partition coefficient (Wildman–Crippen LogP) is 2.63. The number of benzene rings is 1. The van der Waals surface area contributed by atoms with Gasteiger partial charge in [-0.1, -0.05) is 12.1 Å². The van der Waals surface area contributed by atoms with Crippen LogP contribution in [-0.2, 0) is 0 Å². The zero-order chi connectivity index (χ0) is 12.3. The minimum atomic E-state index is -0.837. The second kappa shape index (κ2) is 5.32. The molecule has 0 spiro atoms. The highest BCUT2D eigenvalue weighted by molar-refractivity contribution is 5.87. The fraction of sp³-hybridized carbons (Fsp3) is 0.500. The van der Waals surface area contributed by atoms with E-state index >= 15 is 0 Å². The van der Waals surface area contributed by atoms with Gasteiger partial charge in [0.05, 0.1) is 5.56 Å². The molecule has 1 saturated carbocycles. The molecule has 2 N–H and O–H groups in total. The van der Waals surface area contributed by atoms with E-state index in [4.69, 9.17) is 5.11 Å². The van der Waals surface area contributed by atoms with Crippen LogP contribution in [0.2, 0.25) is 0 Å². The second-order valence-corrected chi connectivity index (χ2v) is 4.77. The van der Waals surface area contributed by atoms with Gasteiger partial charge in [0.2, 0.25) is 0 Å². The third-order valence-electron chi connectivity index (χ3n) is 3.74. The molecule has 1 fully saturated rings. The van der Waals surface area contributed by atoms with Crippen molar-refractivity contribution < 1.29 is 9.90 Å². The first-order valence-corrected chi connectivity index (χ1v) is 6.21. The summed E-state index contributed by atoms with van der Waals surface area (Å²) < 4.78 is 0. The highest BCUT2D eigenvalue weighted by Gasteiger charge is 2.21. The number of aromatic carboxylic acids is 1. The summed E-state index contributed by atoms with van der Waals surface area (Å²) in [5.74, 6) is -0.310. The van der Waals surface area contributed by atoms with Crippen molar-refractivity contribution in [3.8, 4) is 0 Å². The van der Waals surface area contributed by atoms with Crippen molar-refractivity contribution in [3.63, 3.8) is 0 Å². The highest BCUT2D eigenvalue weighted by atomic mass is 16.4. The number of carboxylic acids is 1. The standard InChI is InChI=1S/C14H19NO2/c1-15-13-7-5-10(6-8-13)11-3-2-4-12(9-11)14(16)17/h2-4,9-10,13,15H,5-8H2,1H3,(H,16,17).